The van der Waals surface area contributed by atoms with Gasteiger partial charge in [0, 0.05) is 13.1 Å². The fraction of sp³-hybridized carbons (Fsp3) is 0.500. The van der Waals surface area contributed by atoms with E-state index >= 15 is 0 Å². The molecule has 1 heterocycles. The molecule has 0 saturated heterocycles. The van der Waals surface area contributed by atoms with Crippen LogP contribution in [-0.2, 0) is 0 Å². The van der Waals surface area contributed by atoms with Crippen molar-refractivity contribution in [2.24, 2.45) is 0 Å². The van der Waals surface area contributed by atoms with Gasteiger partial charge in [0.05, 0.1) is 0 Å². The molecule has 0 bridgehead atoms. The van der Waals surface area contributed by atoms with Gasteiger partial charge in [-0.15, -0.1) is 0 Å². The molecule has 0 unspecified atom stereocenters. The van der Waals surface area contributed by atoms with Gasteiger partial charge in [0.15, 0.2) is 0 Å². The molecule has 1 nitrogen and oxygen atoms in total. The smallest absolute Gasteiger partial charge is 0.0383 e. The summed E-state index contributed by atoms with van der Waals surface area (Å²) in [5.41, 5.74) is 1.44. The van der Waals surface area contributed by atoms with E-state index in [-0.39, 0.29) is 0 Å². The minimum Gasteiger partial charge on any atom is -0.374 e. The first-order valence-electron chi connectivity index (χ1n) is 3.41. The lowest BCUT2D eigenvalue weighted by molar-refractivity contribution is 0.425. The summed E-state index contributed by atoms with van der Waals surface area (Å²) in [5, 5.41) is 0. The lowest BCUT2D eigenvalue weighted by Gasteiger charge is -2.20. The van der Waals surface area contributed by atoms with Gasteiger partial charge in [-0.25, -0.2) is 0 Å². The van der Waals surface area contributed by atoms with E-state index in [1.54, 1.807) is 0 Å². The number of hydrogen-bond acceptors (Lipinski definition) is 1. The fourth-order valence-corrected chi connectivity index (χ4v) is 0.972. The molecule has 9 heavy (non-hydrogen) atoms. The van der Waals surface area contributed by atoms with Crippen molar-refractivity contribution < 1.29 is 0 Å². The molecule has 0 atom stereocenters. The summed E-state index contributed by atoms with van der Waals surface area (Å²) in [5.74, 6) is 0. The van der Waals surface area contributed by atoms with Crippen LogP contribution in [0.15, 0.2) is 23.9 Å². The molecule has 1 aliphatic rings. The van der Waals surface area contributed by atoms with Gasteiger partial charge in [0.2, 0.25) is 0 Å². The maximum atomic E-state index is 2.29. The Hall–Kier alpha value is -0.720. The molecule has 0 aromatic carbocycles. The van der Waals surface area contributed by atoms with Crippen molar-refractivity contribution >= 4 is 0 Å². The quantitative estimate of drug-likeness (QED) is 0.513. The molecule has 1 heteroatoms. The van der Waals surface area contributed by atoms with Crippen LogP contribution in [0.2, 0.25) is 0 Å². The summed E-state index contributed by atoms with van der Waals surface area (Å²) >= 11 is 0. The number of allylic oxidation sites excluding steroid dienone is 2. The molecule has 0 aliphatic carbocycles. The first kappa shape index (κ1) is 6.40. The molecule has 0 aromatic rings. The Labute approximate surface area is 56.7 Å². The second-order valence-corrected chi connectivity index (χ2v) is 2.42. The Balaban J connectivity index is 2.51. The lowest BCUT2D eigenvalue weighted by atomic mass is 10.2. The zero-order valence-corrected chi connectivity index (χ0v) is 6.09. The summed E-state index contributed by atoms with van der Waals surface area (Å²) in [4.78, 5) is 2.29. The predicted octanol–water partition coefficient (Wildman–Crippen LogP) is 1.78. The normalized spacial score (nSPS) is 18.0. The summed E-state index contributed by atoms with van der Waals surface area (Å²) in [6.45, 7) is 6.55. The summed E-state index contributed by atoms with van der Waals surface area (Å²) in [7, 11) is 0. The van der Waals surface area contributed by atoms with E-state index in [4.69, 9.17) is 0 Å². The lowest BCUT2D eigenvalue weighted by Crippen LogP contribution is -2.20. The van der Waals surface area contributed by atoms with E-state index in [1.807, 2.05) is 0 Å². The van der Waals surface area contributed by atoms with Crippen LogP contribution < -0.4 is 0 Å². The minimum atomic E-state index is 1.10. The molecule has 0 saturated carbocycles. The van der Waals surface area contributed by atoms with Crippen molar-refractivity contribution in [1.29, 1.82) is 0 Å². The van der Waals surface area contributed by atoms with Crippen molar-refractivity contribution in [3.05, 3.63) is 23.9 Å². The maximum absolute atomic E-state index is 2.29. The van der Waals surface area contributed by atoms with E-state index in [0.717, 1.165) is 13.1 Å². The Morgan fingerprint density at radius 2 is 2.44 bits per heavy atom. The van der Waals surface area contributed by atoms with Crippen LogP contribution in [0.25, 0.3) is 0 Å². The number of hydrogen-bond donors (Lipinski definition) is 0. The van der Waals surface area contributed by atoms with Crippen LogP contribution in [0.3, 0.4) is 0 Å². The number of rotatable bonds is 1. The summed E-state index contributed by atoms with van der Waals surface area (Å²) in [6, 6.07) is 0. The number of nitrogens with zero attached hydrogens (tertiary/aromatic N) is 1. The average molecular weight is 123 g/mol. The monoisotopic (exact) mass is 123 g/mol. The Bertz CT molecular complexity index is 145. The highest BCUT2D eigenvalue weighted by atomic mass is 15.1. The van der Waals surface area contributed by atoms with E-state index in [2.05, 4.69) is 37.1 Å². The molecule has 1 rings (SSSR count). The molecule has 0 N–H and O–H groups in total. The molecule has 1 aliphatic heterocycles. The Morgan fingerprint density at radius 1 is 1.67 bits per heavy atom. The number of likely N-dealkylation sites (N-methyl/N-ethyl adjacent to an activating group) is 1. The second-order valence-electron chi connectivity index (χ2n) is 2.42. The first-order chi connectivity index (χ1) is 4.33. The van der Waals surface area contributed by atoms with E-state index in [1.165, 1.54) is 5.57 Å². The van der Waals surface area contributed by atoms with Gasteiger partial charge in [0.1, 0.15) is 0 Å². The Kier molecular flexibility index (Phi) is 1.93. The highest BCUT2D eigenvalue weighted by molar-refractivity contribution is 5.16. The van der Waals surface area contributed by atoms with Crippen LogP contribution in [0.5, 0.6) is 0 Å². The predicted molar refractivity (Wildman–Crippen MR) is 40.1 cm³/mol. The van der Waals surface area contributed by atoms with E-state index < -0.39 is 0 Å². The highest BCUT2D eigenvalue weighted by Gasteiger charge is 1.98. The minimum absolute atomic E-state index is 1.10. The van der Waals surface area contributed by atoms with Gasteiger partial charge in [-0.1, -0.05) is 11.6 Å². The Morgan fingerprint density at radius 3 is 2.89 bits per heavy atom. The van der Waals surface area contributed by atoms with Gasteiger partial charge in [-0.05, 0) is 26.1 Å². The summed E-state index contributed by atoms with van der Waals surface area (Å²) in [6.07, 6.45) is 6.39. The van der Waals surface area contributed by atoms with Crippen molar-refractivity contribution in [3.63, 3.8) is 0 Å². The molecule has 0 spiro atoms. The third-order valence-electron chi connectivity index (χ3n) is 1.54. The van der Waals surface area contributed by atoms with Gasteiger partial charge in [-0.3, -0.25) is 0 Å². The zero-order valence-electron chi connectivity index (χ0n) is 6.09. The largest absolute Gasteiger partial charge is 0.374 e. The fourth-order valence-electron chi connectivity index (χ4n) is 0.972. The standard InChI is InChI=1S/C8H13N/c1-3-9-6-4-5-8(2)7-9/h4-6H,3,7H2,1-2H3. The topological polar surface area (TPSA) is 3.24 Å². The highest BCUT2D eigenvalue weighted by Crippen LogP contribution is 2.04. The van der Waals surface area contributed by atoms with Crippen LogP contribution >= 0.6 is 0 Å². The molecular formula is C8H13N. The van der Waals surface area contributed by atoms with Crippen LogP contribution in [0.4, 0.5) is 0 Å². The molecule has 0 aromatic heterocycles. The zero-order chi connectivity index (χ0) is 6.69. The van der Waals surface area contributed by atoms with E-state index in [0.29, 0.717) is 0 Å². The van der Waals surface area contributed by atoms with Crippen molar-refractivity contribution in [2.45, 2.75) is 13.8 Å². The molecule has 50 valence electrons. The third kappa shape index (κ3) is 1.60. The molecule has 0 radical (unpaired) electrons. The van der Waals surface area contributed by atoms with Gasteiger partial charge < -0.3 is 4.90 Å². The molecule has 0 amide bonds. The SMILES string of the molecule is CCN1C=CC=C(C)C1. The summed E-state index contributed by atoms with van der Waals surface area (Å²) < 4.78 is 0. The molecular weight excluding hydrogens is 110 g/mol. The van der Waals surface area contributed by atoms with Crippen molar-refractivity contribution in [1.82, 2.24) is 4.90 Å². The van der Waals surface area contributed by atoms with Gasteiger partial charge in [-0.2, -0.15) is 0 Å². The van der Waals surface area contributed by atoms with Crippen LogP contribution in [-0.4, -0.2) is 18.0 Å². The van der Waals surface area contributed by atoms with Gasteiger partial charge in [0.25, 0.3) is 0 Å². The third-order valence-corrected chi connectivity index (χ3v) is 1.54. The van der Waals surface area contributed by atoms with Crippen molar-refractivity contribution in [2.75, 3.05) is 13.1 Å². The van der Waals surface area contributed by atoms with Gasteiger partial charge >= 0.3 is 0 Å². The van der Waals surface area contributed by atoms with Crippen molar-refractivity contribution in [3.8, 4) is 0 Å². The van der Waals surface area contributed by atoms with Crippen LogP contribution in [0.1, 0.15) is 13.8 Å². The average Bonchev–Trinajstić information content (AvgIpc) is 1.88. The maximum Gasteiger partial charge on any atom is 0.0383 e. The van der Waals surface area contributed by atoms with E-state index in [9.17, 15) is 0 Å². The van der Waals surface area contributed by atoms with Crippen LogP contribution in [0, 0.1) is 0 Å². The first-order valence-corrected chi connectivity index (χ1v) is 3.41. The second kappa shape index (κ2) is 2.72. The molecule has 0 fully saturated rings.